The van der Waals surface area contributed by atoms with E-state index in [1.165, 1.54) is 22.5 Å². The van der Waals surface area contributed by atoms with Gasteiger partial charge in [-0.05, 0) is 18.2 Å². The largest absolute Gasteiger partial charge is 0.478 e. The molecular weight excluding hydrogens is 288 g/mol. The molecule has 0 amide bonds. The summed E-state index contributed by atoms with van der Waals surface area (Å²) in [5.74, 6) is 0.144. The van der Waals surface area contributed by atoms with Gasteiger partial charge in [0.05, 0.1) is 10.5 Å². The fraction of sp³-hybridized carbons (Fsp3) is 0.364. The predicted molar refractivity (Wildman–Crippen MR) is 73.9 cm³/mol. The van der Waals surface area contributed by atoms with E-state index in [1.54, 1.807) is 11.8 Å². The molecule has 1 fully saturated rings. The van der Waals surface area contributed by atoms with Crippen LogP contribution in [0.2, 0.25) is 0 Å². The van der Waals surface area contributed by atoms with Gasteiger partial charge in [-0.1, -0.05) is 0 Å². The lowest BCUT2D eigenvalue weighted by Crippen LogP contribution is -2.38. The molecule has 0 aromatic heterocycles. The standard InChI is InChI=1S/C11H14N2O4S2/c12-8-1-2-10(9(7-8)11(14)15)19(16,17)13-3-5-18-6-4-13/h1-2,7H,3-6,12H2,(H,14,15). The van der Waals surface area contributed by atoms with Crippen LogP contribution < -0.4 is 5.73 Å². The molecule has 3 N–H and O–H groups in total. The number of carboxylic acids is 1. The maximum atomic E-state index is 12.4. The zero-order chi connectivity index (χ0) is 14.0. The van der Waals surface area contributed by atoms with E-state index in [9.17, 15) is 13.2 Å². The molecule has 19 heavy (non-hydrogen) atoms. The van der Waals surface area contributed by atoms with E-state index < -0.39 is 16.0 Å². The van der Waals surface area contributed by atoms with Gasteiger partial charge >= 0.3 is 5.97 Å². The Labute approximate surface area is 115 Å². The highest BCUT2D eigenvalue weighted by atomic mass is 32.2. The maximum absolute atomic E-state index is 12.4. The molecule has 0 atom stereocenters. The highest BCUT2D eigenvalue weighted by Crippen LogP contribution is 2.24. The van der Waals surface area contributed by atoms with Crippen LogP contribution in [0.15, 0.2) is 23.1 Å². The number of carboxylic acid groups (broad SMARTS) is 1. The molecule has 6 nitrogen and oxygen atoms in total. The van der Waals surface area contributed by atoms with Gasteiger partial charge in [0.15, 0.2) is 0 Å². The quantitative estimate of drug-likeness (QED) is 0.797. The Bertz CT molecular complexity index is 595. The second-order valence-electron chi connectivity index (χ2n) is 4.08. The number of carbonyl (C=O) groups is 1. The smallest absolute Gasteiger partial charge is 0.337 e. The summed E-state index contributed by atoms with van der Waals surface area (Å²) >= 11 is 1.68. The van der Waals surface area contributed by atoms with Crippen molar-refractivity contribution < 1.29 is 18.3 Å². The summed E-state index contributed by atoms with van der Waals surface area (Å²) in [6, 6.07) is 3.84. The molecular formula is C11H14N2O4S2. The number of rotatable bonds is 3. The first-order valence-electron chi connectivity index (χ1n) is 5.63. The van der Waals surface area contributed by atoms with E-state index in [0.29, 0.717) is 13.1 Å². The molecule has 1 aromatic rings. The Kier molecular flexibility index (Phi) is 4.02. The SMILES string of the molecule is Nc1ccc(S(=O)(=O)N2CCSCC2)c(C(=O)O)c1. The molecule has 1 saturated heterocycles. The van der Waals surface area contributed by atoms with Gasteiger partial charge in [-0.15, -0.1) is 0 Å². The van der Waals surface area contributed by atoms with Crippen molar-refractivity contribution in [3.63, 3.8) is 0 Å². The van der Waals surface area contributed by atoms with Crippen molar-refractivity contribution in [2.45, 2.75) is 4.90 Å². The number of aromatic carboxylic acids is 1. The summed E-state index contributed by atoms with van der Waals surface area (Å²) in [6.07, 6.45) is 0. The summed E-state index contributed by atoms with van der Waals surface area (Å²) < 4.78 is 26.2. The average molecular weight is 302 g/mol. The minimum Gasteiger partial charge on any atom is -0.478 e. The van der Waals surface area contributed by atoms with Crippen molar-refractivity contribution in [2.24, 2.45) is 0 Å². The number of hydrogen-bond donors (Lipinski definition) is 2. The number of nitrogen functional groups attached to an aromatic ring is 1. The zero-order valence-electron chi connectivity index (χ0n) is 10.1. The lowest BCUT2D eigenvalue weighted by atomic mass is 10.2. The highest BCUT2D eigenvalue weighted by Gasteiger charge is 2.30. The maximum Gasteiger partial charge on any atom is 0.337 e. The Balaban J connectivity index is 2.48. The zero-order valence-corrected chi connectivity index (χ0v) is 11.7. The second-order valence-corrected chi connectivity index (χ2v) is 7.21. The van der Waals surface area contributed by atoms with E-state index in [0.717, 1.165) is 11.5 Å². The number of anilines is 1. The van der Waals surface area contributed by atoms with E-state index in [4.69, 9.17) is 10.8 Å². The van der Waals surface area contributed by atoms with E-state index in [1.807, 2.05) is 0 Å². The van der Waals surface area contributed by atoms with Gasteiger partial charge in [-0.2, -0.15) is 16.1 Å². The molecule has 0 bridgehead atoms. The summed E-state index contributed by atoms with van der Waals surface area (Å²) in [6.45, 7) is 0.798. The molecule has 0 spiro atoms. The van der Waals surface area contributed by atoms with Crippen LogP contribution in [-0.2, 0) is 10.0 Å². The van der Waals surface area contributed by atoms with Crippen LogP contribution >= 0.6 is 11.8 Å². The number of sulfonamides is 1. The summed E-state index contributed by atoms with van der Waals surface area (Å²) in [5.41, 5.74) is 5.46. The van der Waals surface area contributed by atoms with E-state index >= 15 is 0 Å². The van der Waals surface area contributed by atoms with Crippen molar-refractivity contribution >= 4 is 33.4 Å². The van der Waals surface area contributed by atoms with Crippen LogP contribution in [0.4, 0.5) is 5.69 Å². The van der Waals surface area contributed by atoms with Crippen molar-refractivity contribution in [2.75, 3.05) is 30.3 Å². The van der Waals surface area contributed by atoms with E-state index in [-0.39, 0.29) is 16.1 Å². The van der Waals surface area contributed by atoms with Crippen LogP contribution in [0.5, 0.6) is 0 Å². The first-order chi connectivity index (χ1) is 8.93. The van der Waals surface area contributed by atoms with Gasteiger partial charge in [-0.3, -0.25) is 0 Å². The molecule has 0 unspecified atom stereocenters. The monoisotopic (exact) mass is 302 g/mol. The Morgan fingerprint density at radius 1 is 1.32 bits per heavy atom. The summed E-state index contributed by atoms with van der Waals surface area (Å²) in [4.78, 5) is 11.0. The molecule has 8 heteroatoms. The average Bonchev–Trinajstić information content (AvgIpc) is 2.39. The Hall–Kier alpha value is -1.25. The van der Waals surface area contributed by atoms with Gasteiger partial charge in [0.25, 0.3) is 0 Å². The molecule has 0 radical (unpaired) electrons. The van der Waals surface area contributed by atoms with Crippen LogP contribution in [0, 0.1) is 0 Å². The summed E-state index contributed by atoms with van der Waals surface area (Å²) in [7, 11) is -3.77. The van der Waals surface area contributed by atoms with Crippen LogP contribution in [0.25, 0.3) is 0 Å². The first-order valence-corrected chi connectivity index (χ1v) is 8.23. The van der Waals surface area contributed by atoms with Gasteiger partial charge in [0, 0.05) is 30.3 Å². The molecule has 0 saturated carbocycles. The van der Waals surface area contributed by atoms with Gasteiger partial charge in [-0.25, -0.2) is 13.2 Å². The predicted octanol–water partition coefficient (Wildman–Crippen LogP) is 0.705. The van der Waals surface area contributed by atoms with Crippen molar-refractivity contribution in [3.8, 4) is 0 Å². The topological polar surface area (TPSA) is 101 Å². The second kappa shape index (κ2) is 5.40. The lowest BCUT2D eigenvalue weighted by Gasteiger charge is -2.26. The molecule has 0 aliphatic carbocycles. The highest BCUT2D eigenvalue weighted by molar-refractivity contribution is 7.99. The lowest BCUT2D eigenvalue weighted by molar-refractivity contribution is 0.0692. The number of nitrogens with zero attached hydrogens (tertiary/aromatic N) is 1. The minimum absolute atomic E-state index is 0.193. The number of nitrogens with two attached hydrogens (primary N) is 1. The van der Waals surface area contributed by atoms with Crippen LogP contribution in [0.3, 0.4) is 0 Å². The van der Waals surface area contributed by atoms with Crippen LogP contribution in [0.1, 0.15) is 10.4 Å². The van der Waals surface area contributed by atoms with Crippen molar-refractivity contribution in [1.82, 2.24) is 4.31 Å². The number of benzene rings is 1. The first kappa shape index (κ1) is 14.2. The third-order valence-corrected chi connectivity index (χ3v) is 5.72. The molecule has 104 valence electrons. The van der Waals surface area contributed by atoms with Crippen LogP contribution in [-0.4, -0.2) is 48.4 Å². The van der Waals surface area contributed by atoms with E-state index in [2.05, 4.69) is 0 Å². The molecule has 2 rings (SSSR count). The van der Waals surface area contributed by atoms with Gasteiger partial charge in [0.2, 0.25) is 10.0 Å². The third kappa shape index (κ3) is 2.85. The molecule has 1 aliphatic rings. The molecule has 1 heterocycles. The van der Waals surface area contributed by atoms with Crippen molar-refractivity contribution in [3.05, 3.63) is 23.8 Å². The summed E-state index contributed by atoms with van der Waals surface area (Å²) in [5, 5.41) is 9.11. The molecule has 1 aromatic carbocycles. The fourth-order valence-corrected chi connectivity index (χ4v) is 4.61. The normalized spacial score (nSPS) is 17.3. The molecule has 1 aliphatic heterocycles. The third-order valence-electron chi connectivity index (χ3n) is 2.82. The number of hydrogen-bond acceptors (Lipinski definition) is 5. The Morgan fingerprint density at radius 3 is 2.53 bits per heavy atom. The Morgan fingerprint density at radius 2 is 1.95 bits per heavy atom. The fourth-order valence-electron chi connectivity index (χ4n) is 1.87. The van der Waals surface area contributed by atoms with Gasteiger partial charge < -0.3 is 10.8 Å². The van der Waals surface area contributed by atoms with Gasteiger partial charge in [0.1, 0.15) is 0 Å². The number of thioether (sulfide) groups is 1. The van der Waals surface area contributed by atoms with Crippen molar-refractivity contribution in [1.29, 1.82) is 0 Å². The minimum atomic E-state index is -3.77.